The molecule has 148 valence electrons. The molecule has 2 amide bonds. The van der Waals surface area contributed by atoms with Gasteiger partial charge in [-0.25, -0.2) is 0 Å². The van der Waals surface area contributed by atoms with Gasteiger partial charge in [-0.15, -0.1) is 0 Å². The van der Waals surface area contributed by atoms with Crippen LogP contribution in [0.3, 0.4) is 0 Å². The first-order chi connectivity index (χ1) is 14.1. The monoisotopic (exact) mass is 409 g/mol. The fourth-order valence-electron chi connectivity index (χ4n) is 2.53. The first kappa shape index (κ1) is 20.5. The lowest BCUT2D eigenvalue weighted by atomic mass is 10.2. The van der Waals surface area contributed by atoms with Crippen molar-refractivity contribution in [2.45, 2.75) is 13.3 Å². The number of benzene rings is 2. The molecule has 0 spiro atoms. The average Bonchev–Trinajstić information content (AvgIpc) is 2.75. The molecule has 0 aromatic heterocycles. The lowest BCUT2D eigenvalue weighted by Crippen LogP contribution is -2.37. The van der Waals surface area contributed by atoms with Gasteiger partial charge in [0.1, 0.15) is 0 Å². The summed E-state index contributed by atoms with van der Waals surface area (Å²) in [5.74, 6) is -0.986. The third-order valence-corrected chi connectivity index (χ3v) is 4.88. The summed E-state index contributed by atoms with van der Waals surface area (Å²) in [5.41, 5.74) is 1.28. The van der Waals surface area contributed by atoms with Gasteiger partial charge >= 0.3 is 5.97 Å². The van der Waals surface area contributed by atoms with Crippen LogP contribution in [0.2, 0.25) is 0 Å². The number of hydrogen-bond acceptors (Lipinski definition) is 6. The zero-order chi connectivity index (χ0) is 20.6. The van der Waals surface area contributed by atoms with Crippen molar-refractivity contribution >= 4 is 40.4 Å². The molecule has 3 rings (SSSR count). The Hall–Kier alpha value is -3.26. The Morgan fingerprint density at radius 3 is 2.28 bits per heavy atom. The Labute approximate surface area is 172 Å². The van der Waals surface area contributed by atoms with E-state index in [9.17, 15) is 14.4 Å². The maximum atomic E-state index is 13.0. The number of carbonyl (C=O) groups excluding carboxylic acids is 3. The minimum Gasteiger partial charge on any atom is -0.466 e. The maximum Gasteiger partial charge on any atom is 0.311 e. The summed E-state index contributed by atoms with van der Waals surface area (Å²) >= 11 is 1.18. The molecule has 0 unspecified atom stereocenters. The Morgan fingerprint density at radius 1 is 1.03 bits per heavy atom. The number of aliphatic imine (C=N–C) groups is 1. The minimum atomic E-state index is -0.469. The number of hydrogen-bond donors (Lipinski definition) is 0. The van der Waals surface area contributed by atoms with Crippen molar-refractivity contribution in [2.75, 3.05) is 12.4 Å². The van der Waals surface area contributed by atoms with Crippen LogP contribution in [0.4, 0.5) is 0 Å². The number of thioether (sulfide) groups is 1. The van der Waals surface area contributed by atoms with Crippen molar-refractivity contribution in [1.29, 1.82) is 0 Å². The molecule has 2 aromatic carbocycles. The minimum absolute atomic E-state index is 0.0285. The SMILES string of the molecule is CCOC(=O)CC1=NN(C(=O)c2ccccc2)C(=NC(=O)c2ccccc2)SC1. The van der Waals surface area contributed by atoms with E-state index in [4.69, 9.17) is 4.74 Å². The smallest absolute Gasteiger partial charge is 0.311 e. The molecule has 29 heavy (non-hydrogen) atoms. The van der Waals surface area contributed by atoms with Crippen molar-refractivity contribution in [2.24, 2.45) is 10.1 Å². The van der Waals surface area contributed by atoms with Gasteiger partial charge in [0.05, 0.1) is 18.7 Å². The van der Waals surface area contributed by atoms with Crippen molar-refractivity contribution in [3.63, 3.8) is 0 Å². The lowest BCUT2D eigenvalue weighted by Gasteiger charge is -2.24. The van der Waals surface area contributed by atoms with E-state index >= 15 is 0 Å². The van der Waals surface area contributed by atoms with Gasteiger partial charge in [-0.3, -0.25) is 14.4 Å². The highest BCUT2D eigenvalue weighted by molar-refractivity contribution is 8.14. The fraction of sp³-hybridized carbons (Fsp3) is 0.190. The van der Waals surface area contributed by atoms with Crippen LogP contribution in [0.1, 0.15) is 34.1 Å². The predicted molar refractivity (Wildman–Crippen MR) is 112 cm³/mol. The maximum absolute atomic E-state index is 13.0. The molecule has 1 aliphatic heterocycles. The van der Waals surface area contributed by atoms with E-state index in [0.717, 1.165) is 5.01 Å². The van der Waals surface area contributed by atoms with Gasteiger partial charge in [-0.2, -0.15) is 15.1 Å². The molecule has 8 heteroatoms. The predicted octanol–water partition coefficient (Wildman–Crippen LogP) is 3.38. The second-order valence-corrected chi connectivity index (χ2v) is 6.93. The lowest BCUT2D eigenvalue weighted by molar-refractivity contribution is -0.141. The van der Waals surface area contributed by atoms with Crippen LogP contribution in [0.5, 0.6) is 0 Å². The second kappa shape index (κ2) is 9.79. The molecule has 0 fully saturated rings. The number of nitrogens with zero attached hydrogens (tertiary/aromatic N) is 3. The topological polar surface area (TPSA) is 88.4 Å². The molecule has 0 aliphatic carbocycles. The van der Waals surface area contributed by atoms with E-state index in [0.29, 0.717) is 22.6 Å². The summed E-state index contributed by atoms with van der Waals surface area (Å²) in [6.45, 7) is 1.99. The molecule has 0 saturated carbocycles. The first-order valence-electron chi connectivity index (χ1n) is 9.01. The highest BCUT2D eigenvalue weighted by Crippen LogP contribution is 2.21. The van der Waals surface area contributed by atoms with Crippen LogP contribution in [-0.2, 0) is 9.53 Å². The molecular weight excluding hydrogens is 390 g/mol. The van der Waals surface area contributed by atoms with Crippen molar-refractivity contribution in [1.82, 2.24) is 5.01 Å². The van der Waals surface area contributed by atoms with Crippen LogP contribution >= 0.6 is 11.8 Å². The Kier molecular flexibility index (Phi) is 6.91. The van der Waals surface area contributed by atoms with Gasteiger partial charge in [0.15, 0.2) is 5.17 Å². The van der Waals surface area contributed by atoms with Gasteiger partial charge < -0.3 is 4.74 Å². The first-order valence-corrected chi connectivity index (χ1v) is 9.99. The van der Waals surface area contributed by atoms with Crippen LogP contribution in [0.15, 0.2) is 70.8 Å². The van der Waals surface area contributed by atoms with Crippen molar-refractivity contribution in [3.8, 4) is 0 Å². The summed E-state index contributed by atoms with van der Waals surface area (Å²) in [6, 6.07) is 17.2. The van der Waals surface area contributed by atoms with E-state index < -0.39 is 17.8 Å². The molecular formula is C21H19N3O4S. The summed E-state index contributed by atoms with van der Waals surface area (Å²) in [6.07, 6.45) is -0.0285. The number of hydrazone groups is 1. The number of ether oxygens (including phenoxy) is 1. The van der Waals surface area contributed by atoms with E-state index in [1.165, 1.54) is 11.8 Å². The number of amides is 2. The van der Waals surface area contributed by atoms with Crippen LogP contribution in [0.25, 0.3) is 0 Å². The van der Waals surface area contributed by atoms with Gasteiger partial charge in [-0.05, 0) is 31.2 Å². The molecule has 2 aromatic rings. The Bertz CT molecular complexity index is 958. The van der Waals surface area contributed by atoms with Gasteiger partial charge in [0.25, 0.3) is 11.8 Å². The van der Waals surface area contributed by atoms with Crippen LogP contribution < -0.4 is 0 Å². The zero-order valence-corrected chi connectivity index (χ0v) is 16.6. The van der Waals surface area contributed by atoms with Gasteiger partial charge in [0.2, 0.25) is 0 Å². The summed E-state index contributed by atoms with van der Waals surface area (Å²) in [4.78, 5) is 41.4. The standard InChI is InChI=1S/C21H19N3O4S/c1-2-28-18(25)13-17-14-29-21(22-19(26)15-9-5-3-6-10-15)24(23-17)20(27)16-11-7-4-8-12-16/h3-12H,2,13-14H2,1H3. The van der Waals surface area contributed by atoms with Crippen LogP contribution in [0, 0.1) is 0 Å². The molecule has 1 aliphatic rings. The number of carbonyl (C=O) groups is 3. The van der Waals surface area contributed by atoms with E-state index in [2.05, 4.69) is 10.1 Å². The second-order valence-electron chi connectivity index (χ2n) is 5.99. The zero-order valence-electron chi connectivity index (χ0n) is 15.8. The van der Waals surface area contributed by atoms with E-state index in [1.54, 1.807) is 67.6 Å². The largest absolute Gasteiger partial charge is 0.466 e. The van der Waals surface area contributed by atoms with Gasteiger partial charge in [-0.1, -0.05) is 48.2 Å². The van der Waals surface area contributed by atoms with Crippen LogP contribution in [-0.4, -0.2) is 46.0 Å². The number of amidine groups is 1. The Balaban J connectivity index is 1.91. The number of rotatable bonds is 5. The molecule has 0 saturated heterocycles. The molecule has 0 atom stereocenters. The molecule has 1 heterocycles. The van der Waals surface area contributed by atoms with Crippen molar-refractivity contribution < 1.29 is 19.1 Å². The van der Waals surface area contributed by atoms with E-state index in [-0.39, 0.29) is 18.2 Å². The average molecular weight is 409 g/mol. The third-order valence-electron chi connectivity index (χ3n) is 3.88. The highest BCUT2D eigenvalue weighted by atomic mass is 32.2. The van der Waals surface area contributed by atoms with E-state index in [1.807, 2.05) is 0 Å². The summed E-state index contributed by atoms with van der Waals surface area (Å²) < 4.78 is 4.96. The van der Waals surface area contributed by atoms with Crippen molar-refractivity contribution in [3.05, 3.63) is 71.8 Å². The normalized spacial score (nSPS) is 15.0. The molecule has 0 bridgehead atoms. The highest BCUT2D eigenvalue weighted by Gasteiger charge is 2.28. The number of esters is 1. The summed E-state index contributed by atoms with van der Waals surface area (Å²) in [7, 11) is 0. The molecule has 0 N–H and O–H groups in total. The van der Waals surface area contributed by atoms with Gasteiger partial charge in [0, 0.05) is 16.9 Å². The third kappa shape index (κ3) is 5.39. The Morgan fingerprint density at radius 2 is 1.66 bits per heavy atom. The fourth-order valence-corrected chi connectivity index (χ4v) is 3.38. The molecule has 0 radical (unpaired) electrons. The summed E-state index contributed by atoms with van der Waals surface area (Å²) in [5, 5.41) is 5.55. The quantitative estimate of drug-likeness (QED) is 0.707. The molecule has 7 nitrogen and oxygen atoms in total.